The quantitative estimate of drug-likeness (QED) is 0.537. The molecular formula is C10H17N3O4S. The third-order valence-corrected chi connectivity index (χ3v) is 3.27. The van der Waals surface area contributed by atoms with Gasteiger partial charge in [0.1, 0.15) is 0 Å². The molecule has 1 atom stereocenters. The van der Waals surface area contributed by atoms with Crippen LogP contribution < -0.4 is 5.69 Å². The fourth-order valence-electron chi connectivity index (χ4n) is 1.33. The van der Waals surface area contributed by atoms with Gasteiger partial charge in [0, 0.05) is 12.3 Å². The van der Waals surface area contributed by atoms with Crippen molar-refractivity contribution in [1.29, 1.82) is 0 Å². The van der Waals surface area contributed by atoms with Gasteiger partial charge in [0.15, 0.2) is 5.16 Å². The molecule has 102 valence electrons. The molecule has 1 rings (SSSR count). The van der Waals surface area contributed by atoms with Crippen molar-refractivity contribution in [3.8, 4) is 0 Å². The summed E-state index contributed by atoms with van der Waals surface area (Å²) in [6.07, 6.45) is -0.868. The van der Waals surface area contributed by atoms with E-state index in [1.54, 1.807) is 6.92 Å². The maximum Gasteiger partial charge on any atom is 0.343 e. The van der Waals surface area contributed by atoms with Crippen LogP contribution in [0.3, 0.4) is 0 Å². The normalized spacial score (nSPS) is 12.4. The lowest BCUT2D eigenvalue weighted by Crippen LogP contribution is -2.19. The van der Waals surface area contributed by atoms with E-state index in [4.69, 9.17) is 4.74 Å². The van der Waals surface area contributed by atoms with Crippen LogP contribution in [0, 0.1) is 0 Å². The number of aromatic amines is 1. The Kier molecular flexibility index (Phi) is 5.93. The highest BCUT2D eigenvalue weighted by Gasteiger charge is 2.14. The van der Waals surface area contributed by atoms with Gasteiger partial charge in [-0.3, -0.25) is 9.36 Å². The SMILES string of the molecule is CCOC(=O)CC(O)CSc1n[nH]c(=O)n1CC. The Labute approximate surface area is 109 Å². The number of ether oxygens (including phenoxy) is 1. The number of nitrogens with one attached hydrogen (secondary N) is 1. The van der Waals surface area contributed by atoms with Crippen molar-refractivity contribution in [3.63, 3.8) is 0 Å². The molecule has 0 amide bonds. The number of aliphatic hydroxyl groups is 1. The number of hydrogen-bond acceptors (Lipinski definition) is 6. The number of hydrogen-bond donors (Lipinski definition) is 2. The fraction of sp³-hybridized carbons (Fsp3) is 0.700. The number of nitrogens with zero attached hydrogens (tertiary/aromatic N) is 2. The Morgan fingerprint density at radius 1 is 1.61 bits per heavy atom. The Hall–Kier alpha value is -1.28. The number of carbonyl (C=O) groups excluding carboxylic acids is 1. The summed E-state index contributed by atoms with van der Waals surface area (Å²) in [5.74, 6) is -0.149. The minimum atomic E-state index is -0.814. The van der Waals surface area contributed by atoms with Crippen LogP contribution in [0.4, 0.5) is 0 Å². The molecule has 0 bridgehead atoms. The van der Waals surface area contributed by atoms with E-state index in [0.29, 0.717) is 18.3 Å². The van der Waals surface area contributed by atoms with Crippen LogP contribution in [0.1, 0.15) is 20.3 Å². The lowest BCUT2D eigenvalue weighted by Gasteiger charge is -2.09. The molecule has 7 nitrogen and oxygen atoms in total. The first-order valence-corrected chi connectivity index (χ1v) is 6.68. The van der Waals surface area contributed by atoms with Gasteiger partial charge >= 0.3 is 11.7 Å². The van der Waals surface area contributed by atoms with Crippen LogP contribution in [0.2, 0.25) is 0 Å². The molecule has 1 unspecified atom stereocenters. The lowest BCUT2D eigenvalue weighted by atomic mass is 10.3. The molecule has 0 saturated carbocycles. The minimum absolute atomic E-state index is 0.0539. The van der Waals surface area contributed by atoms with Gasteiger partial charge in [0.25, 0.3) is 0 Å². The van der Waals surface area contributed by atoms with Gasteiger partial charge in [0.05, 0.1) is 19.1 Å². The molecule has 0 aliphatic heterocycles. The van der Waals surface area contributed by atoms with E-state index < -0.39 is 12.1 Å². The highest BCUT2D eigenvalue weighted by molar-refractivity contribution is 7.99. The summed E-state index contributed by atoms with van der Waals surface area (Å²) in [5.41, 5.74) is -0.278. The van der Waals surface area contributed by atoms with Crippen molar-refractivity contribution < 1.29 is 14.6 Å². The van der Waals surface area contributed by atoms with E-state index in [1.807, 2.05) is 6.92 Å². The van der Waals surface area contributed by atoms with Gasteiger partial charge in [0.2, 0.25) is 0 Å². The topological polar surface area (TPSA) is 97.2 Å². The second kappa shape index (κ2) is 7.22. The average molecular weight is 275 g/mol. The second-order valence-corrected chi connectivity index (χ2v) is 4.52. The first-order valence-electron chi connectivity index (χ1n) is 5.70. The smallest absolute Gasteiger partial charge is 0.343 e. The Morgan fingerprint density at radius 2 is 2.33 bits per heavy atom. The summed E-state index contributed by atoms with van der Waals surface area (Å²) in [6.45, 7) is 4.35. The largest absolute Gasteiger partial charge is 0.466 e. The first kappa shape index (κ1) is 14.8. The van der Waals surface area contributed by atoms with Crippen molar-refractivity contribution in [2.45, 2.75) is 38.1 Å². The van der Waals surface area contributed by atoms with E-state index in [2.05, 4.69) is 10.2 Å². The molecule has 1 aromatic rings. The van der Waals surface area contributed by atoms with Crippen molar-refractivity contribution in [2.75, 3.05) is 12.4 Å². The molecule has 0 aliphatic carbocycles. The molecule has 0 saturated heterocycles. The third-order valence-electron chi connectivity index (χ3n) is 2.15. The number of aliphatic hydroxyl groups excluding tert-OH is 1. The summed E-state index contributed by atoms with van der Waals surface area (Å²) in [7, 11) is 0. The molecule has 0 radical (unpaired) electrons. The highest BCUT2D eigenvalue weighted by Crippen LogP contribution is 2.15. The maximum atomic E-state index is 11.3. The van der Waals surface area contributed by atoms with Crippen molar-refractivity contribution >= 4 is 17.7 Å². The van der Waals surface area contributed by atoms with Gasteiger partial charge < -0.3 is 9.84 Å². The molecule has 2 N–H and O–H groups in total. The number of aromatic nitrogens is 3. The van der Waals surface area contributed by atoms with Crippen LogP contribution in [-0.4, -0.2) is 44.3 Å². The summed E-state index contributed by atoms with van der Waals surface area (Å²) in [6, 6.07) is 0. The molecular weight excluding hydrogens is 258 g/mol. The van der Waals surface area contributed by atoms with E-state index in [-0.39, 0.29) is 17.9 Å². The standard InChI is InChI=1S/C10H17N3O4S/c1-3-13-9(16)11-12-10(13)18-6-7(14)5-8(15)17-4-2/h7,14H,3-6H2,1-2H3,(H,11,16). The summed E-state index contributed by atoms with van der Waals surface area (Å²) in [5, 5.41) is 16.3. The van der Waals surface area contributed by atoms with Gasteiger partial charge in [-0.15, -0.1) is 5.10 Å². The molecule has 0 aromatic carbocycles. The lowest BCUT2D eigenvalue weighted by molar-refractivity contribution is -0.144. The molecule has 18 heavy (non-hydrogen) atoms. The van der Waals surface area contributed by atoms with Gasteiger partial charge in [-0.05, 0) is 13.8 Å². The minimum Gasteiger partial charge on any atom is -0.466 e. The monoisotopic (exact) mass is 275 g/mol. The van der Waals surface area contributed by atoms with Crippen LogP contribution >= 0.6 is 11.8 Å². The van der Waals surface area contributed by atoms with Crippen LogP contribution in [0.25, 0.3) is 0 Å². The number of thioether (sulfide) groups is 1. The predicted molar refractivity (Wildman–Crippen MR) is 66.5 cm³/mol. The second-order valence-electron chi connectivity index (χ2n) is 3.53. The maximum absolute atomic E-state index is 11.3. The van der Waals surface area contributed by atoms with Crippen molar-refractivity contribution in [3.05, 3.63) is 10.5 Å². The number of esters is 1. The van der Waals surface area contributed by atoms with Crippen molar-refractivity contribution in [1.82, 2.24) is 14.8 Å². The summed E-state index contributed by atoms with van der Waals surface area (Å²) < 4.78 is 6.19. The molecule has 0 aliphatic rings. The zero-order valence-corrected chi connectivity index (χ0v) is 11.2. The van der Waals surface area contributed by atoms with E-state index >= 15 is 0 Å². The molecule has 1 aromatic heterocycles. The predicted octanol–water partition coefficient (Wildman–Crippen LogP) is -0.00250. The van der Waals surface area contributed by atoms with E-state index in [1.165, 1.54) is 16.3 Å². The molecule has 0 fully saturated rings. The molecule has 1 heterocycles. The Bertz CT molecular complexity index is 443. The number of carbonyl (C=O) groups is 1. The Morgan fingerprint density at radius 3 is 2.94 bits per heavy atom. The van der Waals surface area contributed by atoms with Crippen LogP contribution in [0.15, 0.2) is 9.95 Å². The summed E-state index contributed by atoms with van der Waals surface area (Å²) >= 11 is 1.22. The van der Waals surface area contributed by atoms with Crippen molar-refractivity contribution in [2.24, 2.45) is 0 Å². The number of H-pyrrole nitrogens is 1. The van der Waals surface area contributed by atoms with E-state index in [9.17, 15) is 14.7 Å². The zero-order valence-electron chi connectivity index (χ0n) is 10.4. The highest BCUT2D eigenvalue weighted by atomic mass is 32.2. The van der Waals surface area contributed by atoms with Gasteiger partial charge in [-0.25, -0.2) is 9.89 Å². The Balaban J connectivity index is 2.44. The number of rotatable bonds is 7. The average Bonchev–Trinajstić information content (AvgIpc) is 2.67. The van der Waals surface area contributed by atoms with Crippen LogP contribution in [-0.2, 0) is 16.1 Å². The third kappa shape index (κ3) is 4.19. The van der Waals surface area contributed by atoms with E-state index in [0.717, 1.165) is 0 Å². The molecule has 8 heteroatoms. The first-order chi connectivity index (χ1) is 8.58. The van der Waals surface area contributed by atoms with Gasteiger partial charge in [-0.2, -0.15) is 0 Å². The fourth-order valence-corrected chi connectivity index (χ4v) is 2.27. The van der Waals surface area contributed by atoms with Gasteiger partial charge in [-0.1, -0.05) is 11.8 Å². The van der Waals surface area contributed by atoms with Crippen LogP contribution in [0.5, 0.6) is 0 Å². The molecule has 0 spiro atoms. The summed E-state index contributed by atoms with van der Waals surface area (Å²) in [4.78, 5) is 22.4. The zero-order chi connectivity index (χ0) is 13.5.